The molecule has 35 heavy (non-hydrogen) atoms. The Balaban J connectivity index is 1.87. The van der Waals surface area contributed by atoms with Crippen LogP contribution in [0.5, 0.6) is 0 Å². The Hall–Kier alpha value is -3.24. The number of hydrogen-bond acceptors (Lipinski definition) is 11. The van der Waals surface area contributed by atoms with Gasteiger partial charge in [0.2, 0.25) is 16.0 Å². The zero-order chi connectivity index (χ0) is 25.0. The Kier molecular flexibility index (Phi) is 5.68. The Morgan fingerprint density at radius 3 is 2.46 bits per heavy atom. The van der Waals surface area contributed by atoms with Gasteiger partial charge in [0, 0.05) is 25.2 Å². The summed E-state index contributed by atoms with van der Waals surface area (Å²) in [5.74, 6) is -0.192. The molecular formula is C20H23N9O4S2. The van der Waals surface area contributed by atoms with Crippen molar-refractivity contribution in [3.8, 4) is 11.1 Å². The van der Waals surface area contributed by atoms with Crippen molar-refractivity contribution in [1.82, 2.24) is 14.9 Å². The van der Waals surface area contributed by atoms with E-state index in [-0.39, 0.29) is 30.7 Å². The van der Waals surface area contributed by atoms with E-state index in [0.717, 1.165) is 18.6 Å². The lowest BCUT2D eigenvalue weighted by Crippen LogP contribution is -2.43. The van der Waals surface area contributed by atoms with Crippen LogP contribution in [0.1, 0.15) is 11.6 Å². The Morgan fingerprint density at radius 2 is 1.86 bits per heavy atom. The average Bonchev–Trinajstić information content (AvgIpc) is 3.39. The van der Waals surface area contributed by atoms with Gasteiger partial charge in [0.15, 0.2) is 22.3 Å². The number of benzene rings is 2. The summed E-state index contributed by atoms with van der Waals surface area (Å²) in [6.45, 7) is 1.26. The molecule has 13 nitrogen and oxygen atoms in total. The monoisotopic (exact) mass is 517 g/mol. The Bertz CT molecular complexity index is 1620. The maximum atomic E-state index is 13.0. The van der Waals surface area contributed by atoms with Gasteiger partial charge in [-0.05, 0) is 17.7 Å². The molecule has 1 saturated heterocycles. The first-order valence-electron chi connectivity index (χ1n) is 10.7. The largest absolute Gasteiger partial charge is 0.369 e. The number of sulfone groups is 1. The number of fused-ring (bicyclic) bond motifs is 1. The number of nitrogens with zero attached hydrogens (tertiary/aromatic N) is 5. The van der Waals surface area contributed by atoms with E-state index in [1.807, 2.05) is 10.6 Å². The normalized spacial score (nSPS) is 16.6. The molecular weight excluding hydrogens is 494 g/mol. The minimum Gasteiger partial charge on any atom is -0.369 e. The Labute approximate surface area is 201 Å². The van der Waals surface area contributed by atoms with Gasteiger partial charge in [0.25, 0.3) is 0 Å². The van der Waals surface area contributed by atoms with Gasteiger partial charge in [-0.25, -0.2) is 32.0 Å². The molecule has 1 aromatic heterocycles. The molecule has 7 N–H and O–H groups in total. The highest BCUT2D eigenvalue weighted by atomic mass is 32.2. The van der Waals surface area contributed by atoms with E-state index >= 15 is 0 Å². The predicted octanol–water partition coefficient (Wildman–Crippen LogP) is -0.0205. The number of anilines is 1. The van der Waals surface area contributed by atoms with Gasteiger partial charge in [-0.3, -0.25) is 0 Å². The van der Waals surface area contributed by atoms with E-state index in [0.29, 0.717) is 22.6 Å². The zero-order valence-electron chi connectivity index (χ0n) is 18.4. The van der Waals surface area contributed by atoms with Gasteiger partial charge < -0.3 is 21.4 Å². The van der Waals surface area contributed by atoms with Crippen LogP contribution in [0.2, 0.25) is 0 Å². The van der Waals surface area contributed by atoms with E-state index < -0.39 is 35.4 Å². The maximum absolute atomic E-state index is 13.0. The quantitative estimate of drug-likeness (QED) is 0.333. The fourth-order valence-electron chi connectivity index (χ4n) is 4.35. The van der Waals surface area contributed by atoms with E-state index in [1.165, 1.54) is 12.1 Å². The van der Waals surface area contributed by atoms with Crippen LogP contribution in [-0.4, -0.2) is 64.3 Å². The van der Waals surface area contributed by atoms with Crippen molar-refractivity contribution >= 4 is 42.7 Å². The number of sulfonamides is 1. The van der Waals surface area contributed by atoms with Crippen LogP contribution in [0, 0.1) is 0 Å². The maximum Gasteiger partial charge on any atom is 0.240 e. The highest BCUT2D eigenvalue weighted by Gasteiger charge is 2.33. The van der Waals surface area contributed by atoms with E-state index in [9.17, 15) is 16.8 Å². The third kappa shape index (κ3) is 3.90. The number of nitrogens with one attached hydrogen (secondary N) is 1. The molecule has 3 aromatic rings. The summed E-state index contributed by atoms with van der Waals surface area (Å²) in [5.41, 5.74) is 13.8. The highest BCUT2D eigenvalue weighted by Crippen LogP contribution is 2.39. The van der Waals surface area contributed by atoms with Crippen LogP contribution in [0.25, 0.3) is 22.2 Å². The summed E-state index contributed by atoms with van der Waals surface area (Å²) in [6, 6.07) is 8.24. The standard InChI is InChI=1S/C20H23N9O4S2/c21-6-7-34(30,31)15-5-4-12(16(18(15)35(23,32)33)19-25-10-26-28-19)13-2-1-3-14-17(13)27-20(22)29(14)11-8-24-9-11/h1-5,11,24H,6-10,21H2,(H2,22,27)(H2,23,32,33). The molecule has 2 aliphatic heterocycles. The minimum absolute atomic E-state index is 0.0287. The third-order valence-corrected chi connectivity index (χ3v) is 8.87. The summed E-state index contributed by atoms with van der Waals surface area (Å²) >= 11 is 0. The van der Waals surface area contributed by atoms with Gasteiger partial charge in [0.1, 0.15) is 4.90 Å². The van der Waals surface area contributed by atoms with Gasteiger partial charge in [-0.2, -0.15) is 5.11 Å². The molecule has 0 aliphatic carbocycles. The number of imidazole rings is 1. The number of hydrogen-bond donors (Lipinski definition) is 4. The molecule has 0 spiro atoms. The molecule has 5 rings (SSSR count). The lowest BCUT2D eigenvalue weighted by Gasteiger charge is -2.29. The highest BCUT2D eigenvalue weighted by molar-refractivity contribution is 7.93. The van der Waals surface area contributed by atoms with E-state index in [2.05, 4.69) is 25.5 Å². The van der Waals surface area contributed by atoms with Gasteiger partial charge in [-0.1, -0.05) is 18.2 Å². The summed E-state index contributed by atoms with van der Waals surface area (Å²) in [7, 11) is -8.64. The SMILES string of the molecule is NCCS(=O)(=O)c1ccc(-c2cccc3c2nc(N)n3C2CNC2)c(C2=NCN=N2)c1S(N)(=O)=O. The van der Waals surface area contributed by atoms with Crippen LogP contribution in [0.3, 0.4) is 0 Å². The molecule has 0 unspecified atom stereocenters. The average molecular weight is 518 g/mol. The smallest absolute Gasteiger partial charge is 0.240 e. The lowest BCUT2D eigenvalue weighted by atomic mass is 9.97. The summed E-state index contributed by atoms with van der Waals surface area (Å²) in [5, 5.41) is 16.6. The minimum atomic E-state index is -4.56. The number of nitrogens with two attached hydrogens (primary N) is 3. The van der Waals surface area contributed by atoms with Gasteiger partial charge in [-0.15, -0.1) is 5.11 Å². The van der Waals surface area contributed by atoms with Crippen LogP contribution >= 0.6 is 0 Å². The van der Waals surface area contributed by atoms with Crippen molar-refractivity contribution in [2.75, 3.05) is 37.8 Å². The second-order valence-electron chi connectivity index (χ2n) is 8.16. The Morgan fingerprint density at radius 1 is 1.09 bits per heavy atom. The summed E-state index contributed by atoms with van der Waals surface area (Å²) < 4.78 is 53.5. The van der Waals surface area contributed by atoms with Crippen molar-refractivity contribution < 1.29 is 16.8 Å². The van der Waals surface area contributed by atoms with Crippen molar-refractivity contribution in [2.24, 2.45) is 26.1 Å². The number of para-hydroxylation sites is 1. The molecule has 0 saturated carbocycles. The molecule has 184 valence electrons. The fraction of sp³-hybridized carbons (Fsp3) is 0.300. The molecule has 0 atom stereocenters. The van der Waals surface area contributed by atoms with Crippen LogP contribution in [0.15, 0.2) is 55.3 Å². The van der Waals surface area contributed by atoms with Crippen molar-refractivity contribution in [3.63, 3.8) is 0 Å². The van der Waals surface area contributed by atoms with Gasteiger partial charge >= 0.3 is 0 Å². The van der Waals surface area contributed by atoms with Crippen molar-refractivity contribution in [3.05, 3.63) is 35.9 Å². The second kappa shape index (κ2) is 8.46. The topological polar surface area (TPSA) is 213 Å². The molecule has 0 bridgehead atoms. The van der Waals surface area contributed by atoms with E-state index in [1.54, 1.807) is 12.1 Å². The molecule has 2 aliphatic rings. The summed E-state index contributed by atoms with van der Waals surface area (Å²) in [4.78, 5) is 7.66. The molecule has 3 heterocycles. The number of aromatic nitrogens is 2. The predicted molar refractivity (Wildman–Crippen MR) is 130 cm³/mol. The van der Waals surface area contributed by atoms with Crippen LogP contribution in [0.4, 0.5) is 5.95 Å². The number of aliphatic imine (C=N–C) groups is 1. The first kappa shape index (κ1) is 23.5. The zero-order valence-corrected chi connectivity index (χ0v) is 20.1. The first-order valence-corrected chi connectivity index (χ1v) is 13.9. The molecule has 1 fully saturated rings. The van der Waals surface area contributed by atoms with Crippen LogP contribution in [-0.2, 0) is 19.9 Å². The number of amidine groups is 1. The van der Waals surface area contributed by atoms with Crippen LogP contribution < -0.4 is 21.9 Å². The van der Waals surface area contributed by atoms with E-state index in [4.69, 9.17) is 16.6 Å². The number of rotatable bonds is 7. The van der Waals surface area contributed by atoms with Crippen molar-refractivity contribution in [1.29, 1.82) is 0 Å². The molecule has 0 radical (unpaired) electrons. The number of primary sulfonamides is 1. The summed E-state index contributed by atoms with van der Waals surface area (Å²) in [6.07, 6.45) is 0. The third-order valence-electron chi connectivity index (χ3n) is 5.96. The van der Waals surface area contributed by atoms with Crippen molar-refractivity contribution in [2.45, 2.75) is 15.8 Å². The lowest BCUT2D eigenvalue weighted by molar-refractivity contribution is 0.354. The fourth-order valence-corrected chi connectivity index (χ4v) is 7.11. The molecule has 15 heteroatoms. The number of azo groups is 1. The molecule has 2 aromatic carbocycles. The van der Waals surface area contributed by atoms with Gasteiger partial charge in [0.05, 0.1) is 33.3 Å². The first-order chi connectivity index (χ1) is 16.6. The molecule has 0 amide bonds. The number of nitrogen functional groups attached to an aromatic ring is 1. The second-order valence-corrected chi connectivity index (χ2v) is 11.7.